The average Bonchev–Trinajstić information content (AvgIpc) is 3.20. The van der Waals surface area contributed by atoms with Crippen LogP contribution in [0.5, 0.6) is 0 Å². The van der Waals surface area contributed by atoms with Crippen molar-refractivity contribution in [3.05, 3.63) is 93.9 Å². The van der Waals surface area contributed by atoms with E-state index in [2.05, 4.69) is 4.98 Å². The molecule has 0 atom stereocenters. The van der Waals surface area contributed by atoms with Crippen molar-refractivity contribution in [1.29, 1.82) is 0 Å². The van der Waals surface area contributed by atoms with Gasteiger partial charge in [-0.3, -0.25) is 10.1 Å². The van der Waals surface area contributed by atoms with E-state index in [9.17, 15) is 20.0 Å². The molecule has 0 saturated carbocycles. The summed E-state index contributed by atoms with van der Waals surface area (Å²) in [6.45, 7) is 0. The molecular formula is C22H14N2O5. The smallest absolute Gasteiger partial charge is 0.336 e. The highest BCUT2D eigenvalue weighted by atomic mass is 16.6. The summed E-state index contributed by atoms with van der Waals surface area (Å²) in [5.41, 5.74) is 1.54. The molecule has 7 nitrogen and oxygen atoms in total. The van der Waals surface area contributed by atoms with E-state index >= 15 is 0 Å². The number of fused-ring (bicyclic) bond motifs is 1. The van der Waals surface area contributed by atoms with Crippen molar-refractivity contribution in [2.24, 2.45) is 0 Å². The molecule has 0 saturated heterocycles. The van der Waals surface area contributed by atoms with E-state index in [1.807, 2.05) is 0 Å². The molecule has 0 aliphatic rings. The Morgan fingerprint density at radius 2 is 1.79 bits per heavy atom. The molecule has 0 aliphatic heterocycles. The highest BCUT2D eigenvalue weighted by molar-refractivity contribution is 6.03. The lowest BCUT2D eigenvalue weighted by atomic mass is 10.1. The summed E-state index contributed by atoms with van der Waals surface area (Å²) in [6.07, 6.45) is 3.28. The van der Waals surface area contributed by atoms with Gasteiger partial charge in [-0.05, 0) is 42.5 Å². The third-order valence-electron chi connectivity index (χ3n) is 4.38. The number of rotatable bonds is 5. The fraction of sp³-hybridized carbons (Fsp3) is 0. The van der Waals surface area contributed by atoms with Gasteiger partial charge in [0, 0.05) is 11.5 Å². The minimum absolute atomic E-state index is 0.0420. The van der Waals surface area contributed by atoms with Crippen LogP contribution in [0.4, 0.5) is 5.69 Å². The van der Waals surface area contributed by atoms with Gasteiger partial charge in [0.1, 0.15) is 11.5 Å². The Hall–Kier alpha value is -4.26. The van der Waals surface area contributed by atoms with Crippen LogP contribution in [-0.4, -0.2) is 21.0 Å². The van der Waals surface area contributed by atoms with E-state index in [4.69, 9.17) is 4.42 Å². The monoisotopic (exact) mass is 386 g/mol. The molecule has 2 aromatic heterocycles. The molecule has 0 radical (unpaired) electrons. The van der Waals surface area contributed by atoms with E-state index in [0.717, 1.165) is 0 Å². The first-order valence-corrected chi connectivity index (χ1v) is 8.68. The molecular weight excluding hydrogens is 372 g/mol. The first kappa shape index (κ1) is 18.1. The summed E-state index contributed by atoms with van der Waals surface area (Å²) >= 11 is 0. The first-order chi connectivity index (χ1) is 14.0. The Labute approximate surface area is 164 Å². The lowest BCUT2D eigenvalue weighted by Crippen LogP contribution is -2.00. The van der Waals surface area contributed by atoms with Gasteiger partial charge in [0.05, 0.1) is 27.3 Å². The highest BCUT2D eigenvalue weighted by Crippen LogP contribution is 2.31. The second-order valence-electron chi connectivity index (χ2n) is 6.23. The van der Waals surface area contributed by atoms with E-state index < -0.39 is 10.9 Å². The Morgan fingerprint density at radius 1 is 1.03 bits per heavy atom. The van der Waals surface area contributed by atoms with Crippen LogP contribution in [0.2, 0.25) is 0 Å². The number of furan rings is 1. The second-order valence-corrected chi connectivity index (χ2v) is 6.23. The minimum atomic E-state index is -1.03. The van der Waals surface area contributed by atoms with Crippen LogP contribution >= 0.6 is 0 Å². The van der Waals surface area contributed by atoms with E-state index in [-0.39, 0.29) is 11.3 Å². The van der Waals surface area contributed by atoms with Crippen molar-refractivity contribution >= 4 is 34.7 Å². The average molecular weight is 386 g/mol. The van der Waals surface area contributed by atoms with E-state index in [0.29, 0.717) is 33.7 Å². The molecule has 0 bridgehead atoms. The fourth-order valence-corrected chi connectivity index (χ4v) is 3.05. The molecule has 0 fully saturated rings. The lowest BCUT2D eigenvalue weighted by Gasteiger charge is -2.03. The van der Waals surface area contributed by atoms with Crippen LogP contribution in [0.15, 0.2) is 71.1 Å². The number of carboxylic acids is 1. The van der Waals surface area contributed by atoms with Gasteiger partial charge in [-0.15, -0.1) is 0 Å². The van der Waals surface area contributed by atoms with Gasteiger partial charge in [0.25, 0.3) is 5.69 Å². The van der Waals surface area contributed by atoms with Crippen molar-refractivity contribution < 1.29 is 19.2 Å². The topological polar surface area (TPSA) is 106 Å². The molecule has 4 aromatic rings. The molecule has 7 heteroatoms. The van der Waals surface area contributed by atoms with Crippen molar-refractivity contribution in [1.82, 2.24) is 4.98 Å². The maximum atomic E-state index is 11.6. The number of benzene rings is 2. The summed E-state index contributed by atoms with van der Waals surface area (Å²) in [5.74, 6) is -0.199. The summed E-state index contributed by atoms with van der Waals surface area (Å²) in [4.78, 5) is 26.8. The molecule has 4 rings (SSSR count). The maximum Gasteiger partial charge on any atom is 0.336 e. The van der Waals surface area contributed by atoms with Crippen LogP contribution in [0.1, 0.15) is 21.8 Å². The number of nitro benzene ring substituents is 1. The zero-order chi connectivity index (χ0) is 20.4. The molecule has 29 heavy (non-hydrogen) atoms. The van der Waals surface area contributed by atoms with Gasteiger partial charge >= 0.3 is 5.97 Å². The van der Waals surface area contributed by atoms with Crippen LogP contribution in [0.25, 0.3) is 34.4 Å². The second kappa shape index (κ2) is 7.40. The van der Waals surface area contributed by atoms with Gasteiger partial charge in [-0.1, -0.05) is 30.3 Å². The summed E-state index contributed by atoms with van der Waals surface area (Å²) in [7, 11) is 0. The van der Waals surface area contributed by atoms with E-state index in [1.165, 1.54) is 12.1 Å². The third kappa shape index (κ3) is 3.61. The lowest BCUT2D eigenvalue weighted by molar-refractivity contribution is -0.384. The number of carboxylic acid groups (broad SMARTS) is 1. The van der Waals surface area contributed by atoms with Gasteiger partial charge in [0.2, 0.25) is 0 Å². The Kier molecular flexibility index (Phi) is 4.62. The standard InChI is InChI=1S/C22H14N2O5/c25-22(26)18-13-14(23-19-7-3-1-5-16(18)19)9-10-15-11-12-21(29-15)17-6-2-4-8-20(17)24(27)28/h1-13H,(H,25,26)/b10-9+. The fourth-order valence-electron chi connectivity index (χ4n) is 3.05. The predicted molar refractivity (Wildman–Crippen MR) is 108 cm³/mol. The van der Waals surface area contributed by atoms with Crippen LogP contribution in [0.3, 0.4) is 0 Å². The number of aromatic nitrogens is 1. The number of hydrogen-bond acceptors (Lipinski definition) is 5. The minimum Gasteiger partial charge on any atom is -0.478 e. The normalized spacial score (nSPS) is 11.2. The van der Waals surface area contributed by atoms with Crippen molar-refractivity contribution in [3.63, 3.8) is 0 Å². The molecule has 0 unspecified atom stereocenters. The van der Waals surface area contributed by atoms with Gasteiger partial charge < -0.3 is 9.52 Å². The van der Waals surface area contributed by atoms with Crippen molar-refractivity contribution in [2.45, 2.75) is 0 Å². The summed E-state index contributed by atoms with van der Waals surface area (Å²) < 4.78 is 5.71. The molecule has 1 N–H and O–H groups in total. The van der Waals surface area contributed by atoms with Crippen molar-refractivity contribution in [3.8, 4) is 11.3 Å². The molecule has 2 heterocycles. The third-order valence-corrected chi connectivity index (χ3v) is 4.38. The number of carbonyl (C=O) groups is 1. The van der Waals surface area contributed by atoms with Gasteiger partial charge in [-0.25, -0.2) is 9.78 Å². The number of nitrogens with zero attached hydrogens (tertiary/aromatic N) is 2. The molecule has 0 amide bonds. The SMILES string of the molecule is O=C(O)c1cc(/C=C/c2ccc(-c3ccccc3[N+](=O)[O-])o2)nc2ccccc12. The quantitative estimate of drug-likeness (QED) is 0.370. The van der Waals surface area contributed by atoms with Crippen LogP contribution in [-0.2, 0) is 0 Å². The largest absolute Gasteiger partial charge is 0.478 e. The highest BCUT2D eigenvalue weighted by Gasteiger charge is 2.16. The Balaban J connectivity index is 1.68. The maximum absolute atomic E-state index is 11.6. The van der Waals surface area contributed by atoms with Crippen molar-refractivity contribution in [2.75, 3.05) is 0 Å². The number of nitro groups is 1. The predicted octanol–water partition coefficient (Wildman–Crippen LogP) is 5.27. The number of pyridine rings is 1. The molecule has 0 spiro atoms. The Morgan fingerprint density at radius 3 is 2.59 bits per heavy atom. The number of aromatic carboxylic acids is 1. The zero-order valence-electron chi connectivity index (χ0n) is 15.0. The summed E-state index contributed by atoms with van der Waals surface area (Å²) in [6, 6.07) is 18.2. The molecule has 2 aromatic carbocycles. The van der Waals surface area contributed by atoms with Gasteiger partial charge in [0.15, 0.2) is 0 Å². The number of para-hydroxylation sites is 2. The van der Waals surface area contributed by atoms with E-state index in [1.54, 1.807) is 66.7 Å². The number of hydrogen-bond donors (Lipinski definition) is 1. The zero-order valence-corrected chi connectivity index (χ0v) is 15.0. The molecule has 0 aliphatic carbocycles. The molecule has 142 valence electrons. The van der Waals surface area contributed by atoms with Crippen LogP contribution in [0, 0.1) is 10.1 Å². The summed E-state index contributed by atoms with van der Waals surface area (Å²) in [5, 5.41) is 21.2. The Bertz CT molecular complexity index is 1270. The first-order valence-electron chi connectivity index (χ1n) is 8.68. The van der Waals surface area contributed by atoms with Crippen LogP contribution < -0.4 is 0 Å². The van der Waals surface area contributed by atoms with Gasteiger partial charge in [-0.2, -0.15) is 0 Å².